The first-order valence-corrected chi connectivity index (χ1v) is 8.93. The lowest BCUT2D eigenvalue weighted by Gasteiger charge is -2.17. The molecule has 0 bridgehead atoms. The van der Waals surface area contributed by atoms with E-state index < -0.39 is 0 Å². The molecule has 0 unspecified atom stereocenters. The maximum absolute atomic E-state index is 12.7. The van der Waals surface area contributed by atoms with Gasteiger partial charge in [0.2, 0.25) is 0 Å². The van der Waals surface area contributed by atoms with Gasteiger partial charge >= 0.3 is 0 Å². The van der Waals surface area contributed by atoms with Gasteiger partial charge in [-0.1, -0.05) is 17.7 Å². The maximum atomic E-state index is 12.7. The Morgan fingerprint density at radius 3 is 2.71 bits per heavy atom. The van der Waals surface area contributed by atoms with Gasteiger partial charge in [0.05, 0.1) is 40.5 Å². The number of benzene rings is 2. The van der Waals surface area contributed by atoms with E-state index in [-0.39, 0.29) is 5.91 Å². The number of methoxy groups -OCH3 is 1. The van der Waals surface area contributed by atoms with Gasteiger partial charge in [0.25, 0.3) is 5.91 Å². The van der Waals surface area contributed by atoms with Crippen LogP contribution in [-0.2, 0) is 6.54 Å². The number of aromatic nitrogens is 1. The van der Waals surface area contributed by atoms with E-state index in [2.05, 4.69) is 16.4 Å². The number of carbonyl (C=O) groups is 1. The predicted molar refractivity (Wildman–Crippen MR) is 110 cm³/mol. The van der Waals surface area contributed by atoms with Gasteiger partial charge < -0.3 is 15.0 Å². The number of pyridine rings is 1. The number of carbonyl (C=O) groups excluding carboxylic acids is 1. The Kier molecular flexibility index (Phi) is 5.67. The number of fused-ring (bicyclic) bond motifs is 1. The molecule has 3 aromatic rings. The predicted octanol–water partition coefficient (Wildman–Crippen LogP) is 4.08. The Morgan fingerprint density at radius 2 is 2.07 bits per heavy atom. The van der Waals surface area contributed by atoms with Crippen LogP contribution in [-0.4, -0.2) is 37.0 Å². The number of anilines is 1. The average Bonchev–Trinajstić information content (AvgIpc) is 2.70. The number of amides is 1. The highest BCUT2D eigenvalue weighted by Gasteiger charge is 2.17. The van der Waals surface area contributed by atoms with Crippen molar-refractivity contribution in [3.05, 3.63) is 64.3 Å². The third kappa shape index (κ3) is 3.85. The molecule has 1 heterocycles. The highest BCUT2D eigenvalue weighted by Crippen LogP contribution is 2.29. The van der Waals surface area contributed by atoms with E-state index in [1.165, 1.54) is 4.90 Å². The molecular formula is C21H19ClN4O2. The number of hydrogen-bond acceptors (Lipinski definition) is 5. The van der Waals surface area contributed by atoms with E-state index >= 15 is 0 Å². The Labute approximate surface area is 168 Å². The third-order valence-electron chi connectivity index (χ3n) is 4.32. The second-order valence-corrected chi connectivity index (χ2v) is 6.82. The first kappa shape index (κ1) is 19.5. The lowest BCUT2D eigenvalue weighted by atomic mass is 10.1. The fraction of sp³-hybridized carbons (Fsp3) is 0.190. The molecule has 7 heteroatoms. The van der Waals surface area contributed by atoms with Gasteiger partial charge in [-0.25, -0.2) is 0 Å². The largest absolute Gasteiger partial charge is 0.495 e. The summed E-state index contributed by atoms with van der Waals surface area (Å²) in [4.78, 5) is 18.5. The highest BCUT2D eigenvalue weighted by atomic mass is 35.5. The zero-order valence-electron chi connectivity index (χ0n) is 15.8. The van der Waals surface area contributed by atoms with E-state index in [9.17, 15) is 10.1 Å². The smallest absolute Gasteiger partial charge is 0.257 e. The van der Waals surface area contributed by atoms with E-state index in [1.54, 1.807) is 51.7 Å². The van der Waals surface area contributed by atoms with Gasteiger partial charge in [-0.05, 0) is 35.9 Å². The number of halogens is 1. The SMILES string of the molecule is COc1ccc(CNc2c(C(=O)N(C)C)cnc3ccc(C#N)cc23)cc1Cl. The topological polar surface area (TPSA) is 78.2 Å². The van der Waals surface area contributed by atoms with Crippen LogP contribution in [0, 0.1) is 11.3 Å². The molecule has 0 radical (unpaired) electrons. The van der Waals surface area contributed by atoms with Crippen LogP contribution in [0.5, 0.6) is 5.75 Å². The molecule has 0 atom stereocenters. The zero-order valence-corrected chi connectivity index (χ0v) is 16.5. The number of nitriles is 1. The molecule has 0 aliphatic rings. The van der Waals surface area contributed by atoms with Crippen molar-refractivity contribution in [3.8, 4) is 11.8 Å². The standard InChI is InChI=1S/C21H19ClN4O2/c1-26(2)21(27)16-12-24-18-6-4-13(10-23)8-15(18)20(16)25-11-14-5-7-19(28-3)17(22)9-14/h4-9,12H,11H2,1-3H3,(H,24,25). The molecule has 0 aliphatic carbocycles. The summed E-state index contributed by atoms with van der Waals surface area (Å²) in [6, 6.07) is 12.8. The van der Waals surface area contributed by atoms with Crippen LogP contribution < -0.4 is 10.1 Å². The Bertz CT molecular complexity index is 1090. The van der Waals surface area contributed by atoms with Gasteiger partial charge in [0, 0.05) is 32.2 Å². The molecule has 0 spiro atoms. The van der Waals surface area contributed by atoms with E-state index in [0.29, 0.717) is 45.0 Å². The molecule has 28 heavy (non-hydrogen) atoms. The normalized spacial score (nSPS) is 10.4. The summed E-state index contributed by atoms with van der Waals surface area (Å²) in [5, 5.41) is 13.8. The molecule has 1 amide bonds. The average molecular weight is 395 g/mol. The quantitative estimate of drug-likeness (QED) is 0.705. The molecule has 6 nitrogen and oxygen atoms in total. The number of ether oxygens (including phenoxy) is 1. The molecule has 0 aliphatic heterocycles. The summed E-state index contributed by atoms with van der Waals surface area (Å²) in [6.07, 6.45) is 1.56. The second kappa shape index (κ2) is 8.15. The molecule has 1 N–H and O–H groups in total. The number of nitrogens with one attached hydrogen (secondary N) is 1. The fourth-order valence-electron chi connectivity index (χ4n) is 2.87. The molecule has 2 aromatic carbocycles. The summed E-state index contributed by atoms with van der Waals surface area (Å²) in [7, 11) is 4.94. The molecule has 0 fully saturated rings. The van der Waals surface area contributed by atoms with Crippen LogP contribution in [0.4, 0.5) is 5.69 Å². The number of rotatable bonds is 5. The Morgan fingerprint density at radius 1 is 1.29 bits per heavy atom. The Hall–Kier alpha value is -3.30. The van der Waals surface area contributed by atoms with Crippen molar-refractivity contribution in [2.24, 2.45) is 0 Å². The molecule has 3 rings (SSSR count). The number of nitrogens with zero attached hydrogens (tertiary/aromatic N) is 3. The van der Waals surface area contributed by atoms with Crippen molar-refractivity contribution < 1.29 is 9.53 Å². The summed E-state index contributed by atoms with van der Waals surface area (Å²) in [5.74, 6) is 0.425. The van der Waals surface area contributed by atoms with Gasteiger partial charge in [-0.2, -0.15) is 5.26 Å². The van der Waals surface area contributed by atoms with Crippen molar-refractivity contribution in [1.82, 2.24) is 9.88 Å². The zero-order chi connectivity index (χ0) is 20.3. The molecule has 0 saturated carbocycles. The van der Waals surface area contributed by atoms with Crippen molar-refractivity contribution in [2.45, 2.75) is 6.54 Å². The van der Waals surface area contributed by atoms with Crippen LogP contribution >= 0.6 is 11.6 Å². The molecule has 0 saturated heterocycles. The minimum absolute atomic E-state index is 0.174. The van der Waals surface area contributed by atoms with Crippen LogP contribution in [0.3, 0.4) is 0 Å². The van der Waals surface area contributed by atoms with E-state index in [1.807, 2.05) is 12.1 Å². The monoisotopic (exact) mass is 394 g/mol. The highest BCUT2D eigenvalue weighted by molar-refractivity contribution is 6.32. The van der Waals surface area contributed by atoms with Crippen molar-refractivity contribution >= 4 is 34.1 Å². The van der Waals surface area contributed by atoms with Crippen LogP contribution in [0.2, 0.25) is 5.02 Å². The minimum Gasteiger partial charge on any atom is -0.495 e. The van der Waals surface area contributed by atoms with Crippen LogP contribution in [0.25, 0.3) is 10.9 Å². The summed E-state index contributed by atoms with van der Waals surface area (Å²) in [5.41, 5.74) is 3.19. The van der Waals surface area contributed by atoms with Gasteiger partial charge in [0.1, 0.15) is 5.75 Å². The number of hydrogen-bond donors (Lipinski definition) is 1. The van der Waals surface area contributed by atoms with Gasteiger partial charge in [-0.15, -0.1) is 0 Å². The Balaban J connectivity index is 2.05. The van der Waals surface area contributed by atoms with Gasteiger partial charge in [0.15, 0.2) is 0 Å². The third-order valence-corrected chi connectivity index (χ3v) is 4.61. The summed E-state index contributed by atoms with van der Waals surface area (Å²) < 4.78 is 5.18. The molecule has 1 aromatic heterocycles. The van der Waals surface area contributed by atoms with Crippen molar-refractivity contribution in [3.63, 3.8) is 0 Å². The lowest BCUT2D eigenvalue weighted by Crippen LogP contribution is -2.23. The second-order valence-electron chi connectivity index (χ2n) is 6.41. The van der Waals surface area contributed by atoms with E-state index in [4.69, 9.17) is 16.3 Å². The lowest BCUT2D eigenvalue weighted by molar-refractivity contribution is 0.0828. The maximum Gasteiger partial charge on any atom is 0.257 e. The van der Waals surface area contributed by atoms with Crippen LogP contribution in [0.15, 0.2) is 42.6 Å². The molecule has 142 valence electrons. The first-order chi connectivity index (χ1) is 13.4. The summed E-state index contributed by atoms with van der Waals surface area (Å²) in [6.45, 7) is 0.438. The van der Waals surface area contributed by atoms with E-state index in [0.717, 1.165) is 5.56 Å². The van der Waals surface area contributed by atoms with Crippen molar-refractivity contribution in [2.75, 3.05) is 26.5 Å². The van der Waals surface area contributed by atoms with Crippen molar-refractivity contribution in [1.29, 1.82) is 5.26 Å². The molecular weight excluding hydrogens is 376 g/mol. The first-order valence-electron chi connectivity index (χ1n) is 8.55. The van der Waals surface area contributed by atoms with Crippen LogP contribution in [0.1, 0.15) is 21.5 Å². The van der Waals surface area contributed by atoms with Gasteiger partial charge in [-0.3, -0.25) is 9.78 Å². The summed E-state index contributed by atoms with van der Waals surface area (Å²) >= 11 is 6.21. The fourth-order valence-corrected chi connectivity index (χ4v) is 3.15. The minimum atomic E-state index is -0.174.